The summed E-state index contributed by atoms with van der Waals surface area (Å²) >= 11 is 3.45. The molecule has 5 nitrogen and oxygen atoms in total. The van der Waals surface area contributed by atoms with Crippen molar-refractivity contribution in [3.05, 3.63) is 34.4 Å². The molecule has 6 heteroatoms. The summed E-state index contributed by atoms with van der Waals surface area (Å²) < 4.78 is 2.21. The number of benzene rings is 1. The number of halogens is 1. The van der Waals surface area contributed by atoms with Gasteiger partial charge in [0.05, 0.1) is 6.20 Å². The lowest BCUT2D eigenvalue weighted by molar-refractivity contribution is -0.137. The zero-order chi connectivity index (χ0) is 12.4. The Hall–Kier alpha value is -1.69. The highest BCUT2D eigenvalue weighted by atomic mass is 79.9. The molecule has 1 heterocycles. The first-order valence-corrected chi connectivity index (χ1v) is 5.74. The van der Waals surface area contributed by atoms with Gasteiger partial charge in [-0.2, -0.15) is 0 Å². The van der Waals surface area contributed by atoms with Gasteiger partial charge in [0, 0.05) is 10.0 Å². The molecule has 1 aromatic carbocycles. The zero-order valence-electron chi connectivity index (χ0n) is 9.09. The van der Waals surface area contributed by atoms with E-state index < -0.39 is 5.97 Å². The molecule has 0 spiro atoms. The van der Waals surface area contributed by atoms with E-state index in [2.05, 4.69) is 26.2 Å². The highest BCUT2D eigenvalue weighted by Crippen LogP contribution is 2.27. The standard InChI is InChI=1S/C11H10BrN3O2/c1-7-2-3-8(9(12)4-7)10-5-15(14-13-10)6-11(16)17/h2-5H,6H2,1H3,(H,16,17). The van der Waals surface area contributed by atoms with Crippen LogP contribution in [0.4, 0.5) is 0 Å². The van der Waals surface area contributed by atoms with Crippen LogP contribution in [0.3, 0.4) is 0 Å². The van der Waals surface area contributed by atoms with Crippen molar-refractivity contribution in [2.75, 3.05) is 0 Å². The molecular formula is C11H10BrN3O2. The average Bonchev–Trinajstić information content (AvgIpc) is 2.65. The van der Waals surface area contributed by atoms with Crippen molar-refractivity contribution in [3.8, 4) is 11.3 Å². The van der Waals surface area contributed by atoms with E-state index in [1.54, 1.807) is 6.20 Å². The van der Waals surface area contributed by atoms with Gasteiger partial charge < -0.3 is 5.11 Å². The second-order valence-corrected chi connectivity index (χ2v) is 4.53. The van der Waals surface area contributed by atoms with Gasteiger partial charge in [-0.3, -0.25) is 4.79 Å². The van der Waals surface area contributed by atoms with E-state index in [4.69, 9.17) is 5.11 Å². The number of carboxylic acid groups (broad SMARTS) is 1. The van der Waals surface area contributed by atoms with Crippen LogP contribution in [-0.2, 0) is 11.3 Å². The van der Waals surface area contributed by atoms with Crippen LogP contribution in [0.5, 0.6) is 0 Å². The number of aliphatic carboxylic acids is 1. The SMILES string of the molecule is Cc1ccc(-c2cn(CC(=O)O)nn2)c(Br)c1. The topological polar surface area (TPSA) is 68.0 Å². The second kappa shape index (κ2) is 4.67. The number of hydrogen-bond donors (Lipinski definition) is 1. The Balaban J connectivity index is 2.33. The maximum Gasteiger partial charge on any atom is 0.325 e. The Labute approximate surface area is 106 Å². The molecule has 88 valence electrons. The highest BCUT2D eigenvalue weighted by Gasteiger charge is 2.09. The number of carbonyl (C=O) groups is 1. The molecule has 0 fully saturated rings. The van der Waals surface area contributed by atoms with E-state index in [9.17, 15) is 4.79 Å². The van der Waals surface area contributed by atoms with Gasteiger partial charge in [-0.1, -0.05) is 33.3 Å². The number of rotatable bonds is 3. The molecule has 0 bridgehead atoms. The number of carboxylic acids is 1. The van der Waals surface area contributed by atoms with Gasteiger partial charge in [0.2, 0.25) is 0 Å². The average molecular weight is 296 g/mol. The Kier molecular flexibility index (Phi) is 3.23. The fourth-order valence-electron chi connectivity index (χ4n) is 1.47. The molecule has 0 atom stereocenters. The van der Waals surface area contributed by atoms with Gasteiger partial charge in [0.15, 0.2) is 0 Å². The van der Waals surface area contributed by atoms with Crippen LogP contribution in [0.25, 0.3) is 11.3 Å². The first kappa shape index (κ1) is 11.8. The minimum absolute atomic E-state index is 0.184. The van der Waals surface area contributed by atoms with Gasteiger partial charge in [-0.05, 0) is 18.6 Å². The van der Waals surface area contributed by atoms with Crippen LogP contribution in [0.15, 0.2) is 28.9 Å². The third kappa shape index (κ3) is 2.71. The predicted octanol–water partition coefficient (Wildman–Crippen LogP) is 2.10. The second-order valence-electron chi connectivity index (χ2n) is 3.68. The molecule has 0 aliphatic rings. The summed E-state index contributed by atoms with van der Waals surface area (Å²) in [4.78, 5) is 10.5. The van der Waals surface area contributed by atoms with Crippen LogP contribution in [0, 0.1) is 6.92 Å². The largest absolute Gasteiger partial charge is 0.480 e. The van der Waals surface area contributed by atoms with Gasteiger partial charge in [0.25, 0.3) is 0 Å². The molecule has 0 unspecified atom stereocenters. The Morgan fingerprint density at radius 1 is 1.53 bits per heavy atom. The molecule has 0 aliphatic heterocycles. The van der Waals surface area contributed by atoms with E-state index in [0.29, 0.717) is 5.69 Å². The van der Waals surface area contributed by atoms with E-state index >= 15 is 0 Å². The van der Waals surface area contributed by atoms with Gasteiger partial charge in [0.1, 0.15) is 12.2 Å². The maximum atomic E-state index is 10.5. The Morgan fingerprint density at radius 3 is 2.94 bits per heavy atom. The molecule has 17 heavy (non-hydrogen) atoms. The van der Waals surface area contributed by atoms with Crippen molar-refractivity contribution in [3.63, 3.8) is 0 Å². The van der Waals surface area contributed by atoms with Crippen molar-refractivity contribution < 1.29 is 9.90 Å². The molecule has 0 radical (unpaired) electrons. The summed E-state index contributed by atoms with van der Waals surface area (Å²) in [5.41, 5.74) is 2.68. The van der Waals surface area contributed by atoms with E-state index in [1.807, 2.05) is 25.1 Å². The molecule has 2 aromatic rings. The van der Waals surface area contributed by atoms with Crippen LogP contribution in [0.1, 0.15) is 5.56 Å². The van der Waals surface area contributed by atoms with E-state index in [0.717, 1.165) is 15.6 Å². The minimum Gasteiger partial charge on any atom is -0.480 e. The summed E-state index contributed by atoms with van der Waals surface area (Å²) in [6.07, 6.45) is 1.61. The molecule has 0 saturated carbocycles. The van der Waals surface area contributed by atoms with Crippen molar-refractivity contribution in [2.24, 2.45) is 0 Å². The summed E-state index contributed by atoms with van der Waals surface area (Å²) in [7, 11) is 0. The molecule has 1 N–H and O–H groups in total. The van der Waals surface area contributed by atoms with E-state index in [1.165, 1.54) is 4.68 Å². The normalized spacial score (nSPS) is 10.5. The fraction of sp³-hybridized carbons (Fsp3) is 0.182. The molecule has 2 rings (SSSR count). The van der Waals surface area contributed by atoms with Gasteiger partial charge in [-0.25, -0.2) is 4.68 Å². The van der Waals surface area contributed by atoms with Crippen molar-refractivity contribution in [1.29, 1.82) is 0 Å². The number of aryl methyl sites for hydroxylation is 1. The monoisotopic (exact) mass is 295 g/mol. The first-order chi connectivity index (χ1) is 8.06. The minimum atomic E-state index is -0.940. The Morgan fingerprint density at radius 2 is 2.29 bits per heavy atom. The van der Waals surface area contributed by atoms with Crippen molar-refractivity contribution in [2.45, 2.75) is 13.5 Å². The summed E-state index contributed by atoms with van der Waals surface area (Å²) in [6.45, 7) is 1.81. The van der Waals surface area contributed by atoms with Gasteiger partial charge in [-0.15, -0.1) is 5.10 Å². The maximum absolute atomic E-state index is 10.5. The molecule has 0 saturated heterocycles. The van der Waals surface area contributed by atoms with Crippen LogP contribution < -0.4 is 0 Å². The summed E-state index contributed by atoms with van der Waals surface area (Å²) in [5, 5.41) is 16.4. The van der Waals surface area contributed by atoms with E-state index in [-0.39, 0.29) is 6.54 Å². The Bertz CT molecular complexity index is 566. The van der Waals surface area contributed by atoms with Crippen molar-refractivity contribution >= 4 is 21.9 Å². The lowest BCUT2D eigenvalue weighted by Crippen LogP contribution is -2.08. The third-order valence-electron chi connectivity index (χ3n) is 2.24. The zero-order valence-corrected chi connectivity index (χ0v) is 10.7. The first-order valence-electron chi connectivity index (χ1n) is 4.95. The van der Waals surface area contributed by atoms with Crippen LogP contribution in [0.2, 0.25) is 0 Å². The smallest absolute Gasteiger partial charge is 0.325 e. The van der Waals surface area contributed by atoms with Crippen LogP contribution in [-0.4, -0.2) is 26.1 Å². The van der Waals surface area contributed by atoms with Crippen molar-refractivity contribution in [1.82, 2.24) is 15.0 Å². The lowest BCUT2D eigenvalue weighted by atomic mass is 10.1. The lowest BCUT2D eigenvalue weighted by Gasteiger charge is -2.01. The molecule has 0 aliphatic carbocycles. The number of hydrogen-bond acceptors (Lipinski definition) is 3. The van der Waals surface area contributed by atoms with Crippen LogP contribution >= 0.6 is 15.9 Å². The highest BCUT2D eigenvalue weighted by molar-refractivity contribution is 9.10. The molecular weight excluding hydrogens is 286 g/mol. The third-order valence-corrected chi connectivity index (χ3v) is 2.89. The predicted molar refractivity (Wildman–Crippen MR) is 65.5 cm³/mol. The summed E-state index contributed by atoms with van der Waals surface area (Å²) in [5.74, 6) is -0.940. The quantitative estimate of drug-likeness (QED) is 0.941. The fourth-order valence-corrected chi connectivity index (χ4v) is 2.16. The van der Waals surface area contributed by atoms with Gasteiger partial charge >= 0.3 is 5.97 Å². The number of nitrogens with zero attached hydrogens (tertiary/aromatic N) is 3. The number of aromatic nitrogens is 3. The summed E-state index contributed by atoms with van der Waals surface area (Å²) in [6, 6.07) is 5.87. The molecule has 1 aromatic heterocycles. The molecule has 0 amide bonds.